The maximum absolute atomic E-state index is 12.9. The molecule has 2 aliphatic rings. The molecule has 2 saturated heterocycles. The Bertz CT molecular complexity index is 488. The lowest BCUT2D eigenvalue weighted by Gasteiger charge is -2.38. The van der Waals surface area contributed by atoms with Crippen molar-refractivity contribution in [3.63, 3.8) is 0 Å². The van der Waals surface area contributed by atoms with Gasteiger partial charge in [-0.2, -0.15) is 17.0 Å². The van der Waals surface area contributed by atoms with Gasteiger partial charge in [-0.25, -0.2) is 0 Å². The summed E-state index contributed by atoms with van der Waals surface area (Å²) in [4.78, 5) is 11.4. The van der Waals surface area contributed by atoms with E-state index in [9.17, 15) is 18.3 Å². The van der Waals surface area contributed by atoms with Crippen LogP contribution < -0.4 is 0 Å². The zero-order chi connectivity index (χ0) is 15.8. The molecule has 2 rings (SSSR count). The minimum atomic E-state index is -3.80. The predicted molar refractivity (Wildman–Crippen MR) is 80.3 cm³/mol. The molecule has 0 aliphatic carbocycles. The molecule has 2 heterocycles. The first-order chi connectivity index (χ1) is 9.77. The number of morpholine rings is 1. The zero-order valence-electron chi connectivity index (χ0n) is 12.4. The number of carbonyl (C=O) groups is 1. The van der Waals surface area contributed by atoms with Gasteiger partial charge in [0.2, 0.25) is 0 Å². The van der Waals surface area contributed by atoms with Crippen LogP contribution in [0.1, 0.15) is 27.2 Å². The second kappa shape index (κ2) is 6.41. The summed E-state index contributed by atoms with van der Waals surface area (Å²) in [6.07, 6.45) is 0.201. The standard InChI is InChI=1S/C12H22N2O5S2/c1-4-11-14(10(7-20-11)12(15)16)21(17,18)13-5-8(2)19-9(3)6-13/h8-11H,4-7H2,1-3H3,(H,15,16). The van der Waals surface area contributed by atoms with Gasteiger partial charge in [0.1, 0.15) is 6.04 Å². The topological polar surface area (TPSA) is 87.2 Å². The van der Waals surface area contributed by atoms with Crippen molar-refractivity contribution in [2.75, 3.05) is 18.8 Å². The first-order valence-corrected chi connectivity index (χ1v) is 9.50. The molecule has 1 N–H and O–H groups in total. The Hall–Kier alpha value is -0.350. The molecule has 0 spiro atoms. The van der Waals surface area contributed by atoms with Gasteiger partial charge in [-0.05, 0) is 20.3 Å². The minimum absolute atomic E-state index is 0.192. The van der Waals surface area contributed by atoms with Gasteiger partial charge in [-0.3, -0.25) is 4.79 Å². The van der Waals surface area contributed by atoms with Crippen molar-refractivity contribution >= 4 is 27.9 Å². The molecule has 0 amide bonds. The molecule has 4 unspecified atom stereocenters. The highest BCUT2D eigenvalue weighted by atomic mass is 32.2. The van der Waals surface area contributed by atoms with Crippen molar-refractivity contribution in [3.05, 3.63) is 0 Å². The Labute approximate surface area is 129 Å². The molecule has 7 nitrogen and oxygen atoms in total. The first-order valence-electron chi connectivity index (χ1n) is 7.05. The molecule has 0 saturated carbocycles. The fraction of sp³-hybridized carbons (Fsp3) is 0.917. The number of hydrogen-bond donors (Lipinski definition) is 1. The molecule has 21 heavy (non-hydrogen) atoms. The lowest BCUT2D eigenvalue weighted by molar-refractivity contribution is -0.140. The molecule has 4 atom stereocenters. The number of nitrogens with zero attached hydrogens (tertiary/aromatic N) is 2. The highest BCUT2D eigenvalue weighted by Gasteiger charge is 2.48. The Morgan fingerprint density at radius 2 is 1.90 bits per heavy atom. The van der Waals surface area contributed by atoms with Crippen LogP contribution in [0.2, 0.25) is 0 Å². The Kier molecular flexibility index (Phi) is 5.19. The molecular formula is C12H22N2O5S2. The second-order valence-electron chi connectivity index (χ2n) is 5.46. The maximum atomic E-state index is 12.9. The Morgan fingerprint density at radius 3 is 2.38 bits per heavy atom. The quantitative estimate of drug-likeness (QED) is 0.807. The summed E-state index contributed by atoms with van der Waals surface area (Å²) in [5.41, 5.74) is 0. The van der Waals surface area contributed by atoms with Crippen LogP contribution in [0.3, 0.4) is 0 Å². The van der Waals surface area contributed by atoms with E-state index in [1.54, 1.807) is 0 Å². The molecule has 0 aromatic rings. The van der Waals surface area contributed by atoms with E-state index in [0.717, 1.165) is 0 Å². The number of rotatable bonds is 4. The van der Waals surface area contributed by atoms with E-state index in [4.69, 9.17) is 4.74 Å². The van der Waals surface area contributed by atoms with Gasteiger partial charge in [-0.1, -0.05) is 6.92 Å². The Morgan fingerprint density at radius 1 is 1.33 bits per heavy atom. The van der Waals surface area contributed by atoms with Crippen LogP contribution in [0.25, 0.3) is 0 Å². The number of hydrogen-bond acceptors (Lipinski definition) is 5. The molecule has 0 bridgehead atoms. The largest absolute Gasteiger partial charge is 0.480 e. The lowest BCUT2D eigenvalue weighted by Crippen LogP contribution is -2.56. The second-order valence-corrected chi connectivity index (χ2v) is 8.51. The summed E-state index contributed by atoms with van der Waals surface area (Å²) in [6.45, 7) is 6.04. The fourth-order valence-electron chi connectivity index (χ4n) is 2.79. The summed E-state index contributed by atoms with van der Waals surface area (Å²) < 4.78 is 33.8. The zero-order valence-corrected chi connectivity index (χ0v) is 14.1. The van der Waals surface area contributed by atoms with E-state index in [2.05, 4.69) is 0 Å². The van der Waals surface area contributed by atoms with E-state index in [-0.39, 0.29) is 30.7 Å². The van der Waals surface area contributed by atoms with Gasteiger partial charge >= 0.3 is 5.97 Å². The van der Waals surface area contributed by atoms with Crippen LogP contribution in [0, 0.1) is 0 Å². The molecular weight excluding hydrogens is 316 g/mol. The van der Waals surface area contributed by atoms with Crippen LogP contribution in [0.4, 0.5) is 0 Å². The van der Waals surface area contributed by atoms with Crippen molar-refractivity contribution in [3.8, 4) is 0 Å². The van der Waals surface area contributed by atoms with Crippen molar-refractivity contribution in [2.24, 2.45) is 0 Å². The number of thioether (sulfide) groups is 1. The third-order valence-corrected chi connectivity index (χ3v) is 7.23. The third-order valence-electron chi connectivity index (χ3n) is 3.65. The van der Waals surface area contributed by atoms with Gasteiger partial charge in [-0.15, -0.1) is 11.8 Å². The van der Waals surface area contributed by atoms with Gasteiger partial charge in [0.15, 0.2) is 0 Å². The average Bonchev–Trinajstić information content (AvgIpc) is 2.82. The van der Waals surface area contributed by atoms with E-state index in [1.165, 1.54) is 20.4 Å². The highest BCUT2D eigenvalue weighted by molar-refractivity contribution is 8.01. The summed E-state index contributed by atoms with van der Waals surface area (Å²) in [5.74, 6) is -0.793. The number of ether oxygens (including phenoxy) is 1. The first kappa shape index (κ1) is 17.0. The van der Waals surface area contributed by atoms with Crippen LogP contribution >= 0.6 is 11.8 Å². The molecule has 0 aromatic heterocycles. The molecule has 2 aliphatic heterocycles. The molecule has 2 fully saturated rings. The maximum Gasteiger partial charge on any atom is 0.322 e. The SMILES string of the molecule is CCC1SCC(C(=O)O)N1S(=O)(=O)N1CC(C)OC(C)C1. The highest BCUT2D eigenvalue weighted by Crippen LogP contribution is 2.35. The molecule has 122 valence electrons. The smallest absolute Gasteiger partial charge is 0.322 e. The van der Waals surface area contributed by atoms with E-state index >= 15 is 0 Å². The van der Waals surface area contributed by atoms with Crippen LogP contribution in [-0.2, 0) is 19.7 Å². The summed E-state index contributed by atoms with van der Waals surface area (Å²) in [6, 6.07) is -0.988. The van der Waals surface area contributed by atoms with Crippen molar-refractivity contribution in [1.82, 2.24) is 8.61 Å². The molecule has 0 aromatic carbocycles. The number of aliphatic carboxylic acids is 1. The normalized spacial score (nSPS) is 36.0. The molecule has 0 radical (unpaired) electrons. The van der Waals surface area contributed by atoms with Gasteiger partial charge in [0, 0.05) is 18.8 Å². The van der Waals surface area contributed by atoms with Crippen molar-refractivity contribution in [2.45, 2.75) is 50.8 Å². The summed E-state index contributed by atoms with van der Waals surface area (Å²) in [5, 5.41) is 8.98. The van der Waals surface area contributed by atoms with Crippen molar-refractivity contribution < 1.29 is 23.1 Å². The van der Waals surface area contributed by atoms with Crippen LogP contribution in [0.5, 0.6) is 0 Å². The fourth-order valence-corrected chi connectivity index (χ4v) is 6.63. The molecule has 9 heteroatoms. The van der Waals surface area contributed by atoms with E-state index in [1.807, 2.05) is 20.8 Å². The average molecular weight is 338 g/mol. The lowest BCUT2D eigenvalue weighted by atomic mass is 10.3. The van der Waals surface area contributed by atoms with Crippen molar-refractivity contribution in [1.29, 1.82) is 0 Å². The van der Waals surface area contributed by atoms with Gasteiger partial charge in [0.25, 0.3) is 10.2 Å². The summed E-state index contributed by atoms with van der Waals surface area (Å²) >= 11 is 1.39. The number of carboxylic acid groups (broad SMARTS) is 1. The predicted octanol–water partition coefficient (Wildman–Crippen LogP) is 0.579. The Balaban J connectivity index is 2.29. The van der Waals surface area contributed by atoms with E-state index in [0.29, 0.717) is 12.2 Å². The van der Waals surface area contributed by atoms with E-state index < -0.39 is 22.2 Å². The number of carboxylic acids is 1. The van der Waals surface area contributed by atoms with Gasteiger partial charge < -0.3 is 9.84 Å². The monoisotopic (exact) mass is 338 g/mol. The van der Waals surface area contributed by atoms with Crippen LogP contribution in [0.15, 0.2) is 0 Å². The summed E-state index contributed by atoms with van der Waals surface area (Å²) in [7, 11) is -3.80. The third kappa shape index (κ3) is 3.37. The van der Waals surface area contributed by atoms with Crippen LogP contribution in [-0.4, -0.2) is 70.6 Å². The van der Waals surface area contributed by atoms with Gasteiger partial charge in [0.05, 0.1) is 17.6 Å². The minimum Gasteiger partial charge on any atom is -0.480 e.